The summed E-state index contributed by atoms with van der Waals surface area (Å²) in [6.07, 6.45) is 2.81. The van der Waals surface area contributed by atoms with Crippen molar-refractivity contribution in [3.05, 3.63) is 102 Å². The number of anilines is 2. The van der Waals surface area contributed by atoms with Crippen LogP contribution >= 0.6 is 12.2 Å². The molecule has 0 amide bonds. The number of nitrogens with one attached hydrogen (secondary N) is 2. The molecule has 2 aromatic carbocycles. The van der Waals surface area contributed by atoms with Crippen molar-refractivity contribution in [1.29, 1.82) is 0 Å². The van der Waals surface area contributed by atoms with Gasteiger partial charge in [-0.15, -0.1) is 0 Å². The molecule has 38 heavy (non-hydrogen) atoms. The van der Waals surface area contributed by atoms with Gasteiger partial charge in [0, 0.05) is 23.1 Å². The van der Waals surface area contributed by atoms with Crippen molar-refractivity contribution < 1.29 is 22.4 Å². The van der Waals surface area contributed by atoms with Crippen LogP contribution in [-0.2, 0) is 14.8 Å². The van der Waals surface area contributed by atoms with Gasteiger partial charge in [-0.25, -0.2) is 13.2 Å². The number of methoxy groups -OCH3 is 1. The number of ether oxygens (including phenoxy) is 1. The molecule has 2 N–H and O–H groups in total. The number of thiocarbonyl (C=S) groups is 1. The molecule has 0 radical (unpaired) electrons. The van der Waals surface area contributed by atoms with Crippen LogP contribution in [0.3, 0.4) is 0 Å². The number of nitrogens with zero attached hydrogens (tertiary/aromatic N) is 2. The van der Waals surface area contributed by atoms with E-state index < -0.39 is 22.0 Å². The molecule has 2 aromatic heterocycles. The van der Waals surface area contributed by atoms with Crippen molar-refractivity contribution in [2.45, 2.75) is 12.1 Å². The van der Waals surface area contributed by atoms with E-state index in [-0.39, 0.29) is 6.04 Å². The Morgan fingerprint density at radius 3 is 2.47 bits per heavy atom. The molecule has 1 aliphatic rings. The van der Waals surface area contributed by atoms with Gasteiger partial charge in [-0.3, -0.25) is 9.71 Å². The van der Waals surface area contributed by atoms with Gasteiger partial charge >= 0.3 is 5.97 Å². The Hall–Kier alpha value is -4.22. The van der Waals surface area contributed by atoms with Crippen LogP contribution in [0, 0.1) is 0 Å². The lowest BCUT2D eigenvalue weighted by Crippen LogP contribution is -2.29. The summed E-state index contributed by atoms with van der Waals surface area (Å²) in [6.45, 7) is 0. The highest BCUT2D eigenvalue weighted by Gasteiger charge is 2.42. The number of benzene rings is 2. The lowest BCUT2D eigenvalue weighted by Gasteiger charge is -2.26. The maximum absolute atomic E-state index is 12.4. The fraction of sp³-hybridized carbons (Fsp3) is 0.148. The highest BCUT2D eigenvalue weighted by Crippen LogP contribution is 2.43. The van der Waals surface area contributed by atoms with Crippen LogP contribution in [0.1, 0.15) is 33.9 Å². The van der Waals surface area contributed by atoms with Gasteiger partial charge in [-0.2, -0.15) is 0 Å². The third kappa shape index (κ3) is 5.11. The van der Waals surface area contributed by atoms with Crippen LogP contribution in [0.4, 0.5) is 11.4 Å². The first-order valence-corrected chi connectivity index (χ1v) is 13.9. The molecule has 0 unspecified atom stereocenters. The zero-order chi connectivity index (χ0) is 26.9. The zero-order valence-corrected chi connectivity index (χ0v) is 22.1. The van der Waals surface area contributed by atoms with E-state index in [0.29, 0.717) is 33.4 Å². The Morgan fingerprint density at radius 2 is 1.79 bits per heavy atom. The van der Waals surface area contributed by atoms with E-state index in [4.69, 9.17) is 21.4 Å². The summed E-state index contributed by atoms with van der Waals surface area (Å²) >= 11 is 5.74. The van der Waals surface area contributed by atoms with E-state index in [9.17, 15) is 13.2 Å². The molecule has 2 atom stereocenters. The van der Waals surface area contributed by atoms with Crippen molar-refractivity contribution in [2.75, 3.05) is 23.0 Å². The topological polar surface area (TPSA) is 114 Å². The maximum Gasteiger partial charge on any atom is 0.338 e. The van der Waals surface area contributed by atoms with Crippen molar-refractivity contribution in [3.8, 4) is 11.3 Å². The SMILES string of the molecule is COC(=O)c1ccccc1-c1ccc([C@@H]2[C@H](c3ccccn3)NC(=S)N2c2ccc(NS(C)(=O)=O)cc2)o1. The third-order valence-electron chi connectivity index (χ3n) is 6.06. The molecule has 1 fully saturated rings. The molecule has 1 aliphatic heterocycles. The summed E-state index contributed by atoms with van der Waals surface area (Å²) in [5.41, 5.74) is 2.94. The average Bonchev–Trinajstić information content (AvgIpc) is 3.53. The monoisotopic (exact) mass is 548 g/mol. The smallest absolute Gasteiger partial charge is 0.338 e. The fourth-order valence-corrected chi connectivity index (χ4v) is 5.38. The molecule has 0 saturated carbocycles. The average molecular weight is 549 g/mol. The molecule has 4 aromatic rings. The molecule has 1 saturated heterocycles. The lowest BCUT2D eigenvalue weighted by molar-refractivity contribution is 0.0601. The number of furan rings is 1. The van der Waals surface area contributed by atoms with Gasteiger partial charge in [0.2, 0.25) is 10.0 Å². The number of pyridine rings is 1. The Labute approximate surface area is 225 Å². The molecule has 11 heteroatoms. The zero-order valence-electron chi connectivity index (χ0n) is 20.5. The molecule has 194 valence electrons. The largest absolute Gasteiger partial charge is 0.465 e. The van der Waals surface area contributed by atoms with Crippen molar-refractivity contribution >= 4 is 44.7 Å². The summed E-state index contributed by atoms with van der Waals surface area (Å²) in [5, 5.41) is 3.82. The van der Waals surface area contributed by atoms with E-state index in [1.807, 2.05) is 41.3 Å². The van der Waals surface area contributed by atoms with Gasteiger partial charge in [0.15, 0.2) is 5.11 Å². The summed E-state index contributed by atoms with van der Waals surface area (Å²) in [6, 6.07) is 22.5. The molecular weight excluding hydrogens is 524 g/mol. The van der Waals surface area contributed by atoms with Crippen molar-refractivity contribution in [1.82, 2.24) is 10.3 Å². The first kappa shape index (κ1) is 25.4. The van der Waals surface area contributed by atoms with E-state index in [0.717, 1.165) is 17.6 Å². The summed E-state index contributed by atoms with van der Waals surface area (Å²) in [4.78, 5) is 18.8. The number of hydrogen-bond acceptors (Lipinski definition) is 7. The van der Waals surface area contributed by atoms with Crippen LogP contribution in [0.5, 0.6) is 0 Å². The number of carbonyl (C=O) groups excluding carboxylic acids is 1. The standard InChI is InChI=1S/C27H24N4O5S2/c1-35-26(32)20-8-4-3-7-19(20)22-14-15-23(36-22)25-24(21-9-5-6-16-28-21)29-27(37)31(25)18-12-10-17(11-13-18)30-38(2,33)34/h3-16,24-25,30H,1-2H3,(H,29,37)/t24-,25+/m0/s1. The first-order chi connectivity index (χ1) is 18.2. The fourth-order valence-electron chi connectivity index (χ4n) is 4.47. The number of hydrogen-bond donors (Lipinski definition) is 2. The van der Waals surface area contributed by atoms with E-state index in [2.05, 4.69) is 15.0 Å². The number of esters is 1. The van der Waals surface area contributed by atoms with Gasteiger partial charge in [0.25, 0.3) is 0 Å². The minimum atomic E-state index is -3.41. The van der Waals surface area contributed by atoms with E-state index >= 15 is 0 Å². The Morgan fingerprint density at radius 1 is 1.05 bits per heavy atom. The van der Waals surface area contributed by atoms with Crippen LogP contribution in [-0.4, -0.2) is 37.8 Å². The molecule has 9 nitrogen and oxygen atoms in total. The van der Waals surface area contributed by atoms with E-state index in [1.165, 1.54) is 7.11 Å². The summed E-state index contributed by atoms with van der Waals surface area (Å²) in [5.74, 6) is 0.644. The highest BCUT2D eigenvalue weighted by molar-refractivity contribution is 7.92. The maximum atomic E-state index is 12.4. The predicted molar refractivity (Wildman–Crippen MR) is 148 cm³/mol. The second kappa shape index (κ2) is 10.3. The number of sulfonamides is 1. The van der Waals surface area contributed by atoms with Gasteiger partial charge in [0.1, 0.15) is 17.6 Å². The van der Waals surface area contributed by atoms with Crippen LogP contribution < -0.4 is 14.9 Å². The number of rotatable bonds is 7. The minimum Gasteiger partial charge on any atom is -0.465 e. The van der Waals surface area contributed by atoms with E-state index in [1.54, 1.807) is 48.7 Å². The second-order valence-electron chi connectivity index (χ2n) is 8.66. The van der Waals surface area contributed by atoms with Gasteiger partial charge in [-0.05, 0) is 66.8 Å². The number of aromatic nitrogens is 1. The Kier molecular flexibility index (Phi) is 6.87. The van der Waals surface area contributed by atoms with Crippen LogP contribution in [0.25, 0.3) is 11.3 Å². The van der Waals surface area contributed by atoms with Gasteiger partial charge in [-0.1, -0.05) is 24.3 Å². The molecule has 5 rings (SSSR count). The van der Waals surface area contributed by atoms with Gasteiger partial charge in [0.05, 0.1) is 30.7 Å². The first-order valence-electron chi connectivity index (χ1n) is 11.6. The van der Waals surface area contributed by atoms with Crippen molar-refractivity contribution in [3.63, 3.8) is 0 Å². The Balaban J connectivity index is 1.57. The normalized spacial score (nSPS) is 17.2. The van der Waals surface area contributed by atoms with Crippen molar-refractivity contribution in [2.24, 2.45) is 0 Å². The second-order valence-corrected chi connectivity index (χ2v) is 10.8. The van der Waals surface area contributed by atoms with Crippen LogP contribution in [0.15, 0.2) is 89.5 Å². The molecule has 0 aliphatic carbocycles. The third-order valence-corrected chi connectivity index (χ3v) is 6.98. The molecular formula is C27H24N4O5S2. The summed E-state index contributed by atoms with van der Waals surface area (Å²) in [7, 11) is -2.07. The lowest BCUT2D eigenvalue weighted by atomic mass is 10.0. The number of carbonyl (C=O) groups is 1. The minimum absolute atomic E-state index is 0.340. The molecule has 3 heterocycles. The Bertz CT molecular complexity index is 1590. The highest BCUT2D eigenvalue weighted by atomic mass is 32.2. The quantitative estimate of drug-likeness (QED) is 0.251. The summed E-state index contributed by atoms with van der Waals surface area (Å²) < 4.78 is 37.0. The predicted octanol–water partition coefficient (Wildman–Crippen LogP) is 4.68. The van der Waals surface area contributed by atoms with Gasteiger partial charge < -0.3 is 19.4 Å². The molecule has 0 spiro atoms. The molecule has 0 bridgehead atoms. The van der Waals surface area contributed by atoms with Crippen LogP contribution in [0.2, 0.25) is 0 Å².